The Kier molecular flexibility index (Phi) is 2.93. The third-order valence-electron chi connectivity index (χ3n) is 3.86. The van der Waals surface area contributed by atoms with Crippen molar-refractivity contribution in [3.63, 3.8) is 0 Å². The number of hydrogen-bond acceptors (Lipinski definition) is 4. The zero-order valence-electron chi connectivity index (χ0n) is 10.9. The number of pyridine rings is 1. The molecule has 100 valence electrons. The second-order valence-corrected chi connectivity index (χ2v) is 6.49. The van der Waals surface area contributed by atoms with Crippen LogP contribution in [0, 0.1) is 0 Å². The predicted molar refractivity (Wildman–Crippen MR) is 78.4 cm³/mol. The number of thiophene rings is 1. The SMILES string of the molecule is CC1(NC(=O)c2sc3cnccc3c2N)CCCC1. The molecule has 2 aromatic rings. The zero-order valence-corrected chi connectivity index (χ0v) is 11.7. The Morgan fingerprint density at radius 1 is 1.47 bits per heavy atom. The number of carbonyl (C=O) groups excluding carboxylic acids is 1. The quantitative estimate of drug-likeness (QED) is 0.885. The van der Waals surface area contributed by atoms with Crippen molar-refractivity contribution in [3.8, 4) is 0 Å². The molecular formula is C14H17N3OS. The van der Waals surface area contributed by atoms with Gasteiger partial charge >= 0.3 is 0 Å². The lowest BCUT2D eigenvalue weighted by Crippen LogP contribution is -2.43. The average molecular weight is 275 g/mol. The fourth-order valence-corrected chi connectivity index (χ4v) is 3.74. The minimum atomic E-state index is -0.0715. The van der Waals surface area contributed by atoms with Gasteiger partial charge in [-0.15, -0.1) is 11.3 Å². The Morgan fingerprint density at radius 2 is 2.21 bits per heavy atom. The summed E-state index contributed by atoms with van der Waals surface area (Å²) in [4.78, 5) is 17.1. The molecule has 1 aliphatic rings. The van der Waals surface area contributed by atoms with Crippen LogP contribution in [0.15, 0.2) is 18.5 Å². The molecule has 19 heavy (non-hydrogen) atoms. The fraction of sp³-hybridized carbons (Fsp3) is 0.429. The van der Waals surface area contributed by atoms with Crippen LogP contribution in [0.5, 0.6) is 0 Å². The van der Waals surface area contributed by atoms with E-state index in [1.54, 1.807) is 12.4 Å². The molecule has 3 rings (SSSR count). The molecule has 0 atom stereocenters. The van der Waals surface area contributed by atoms with Gasteiger partial charge in [-0.25, -0.2) is 0 Å². The molecule has 0 saturated heterocycles. The number of hydrogen-bond donors (Lipinski definition) is 2. The number of amides is 1. The van der Waals surface area contributed by atoms with E-state index < -0.39 is 0 Å². The van der Waals surface area contributed by atoms with Crippen molar-refractivity contribution in [2.24, 2.45) is 0 Å². The van der Waals surface area contributed by atoms with E-state index in [9.17, 15) is 4.79 Å². The van der Waals surface area contributed by atoms with Gasteiger partial charge < -0.3 is 11.1 Å². The number of nitrogens with zero attached hydrogens (tertiary/aromatic N) is 1. The van der Waals surface area contributed by atoms with Crippen LogP contribution in [0.4, 0.5) is 5.69 Å². The topological polar surface area (TPSA) is 68.0 Å². The summed E-state index contributed by atoms with van der Waals surface area (Å²) in [5, 5.41) is 4.06. The number of rotatable bonds is 2. The van der Waals surface area contributed by atoms with Crippen molar-refractivity contribution >= 4 is 33.0 Å². The maximum absolute atomic E-state index is 12.4. The van der Waals surface area contributed by atoms with Crippen molar-refractivity contribution in [2.45, 2.75) is 38.1 Å². The number of nitrogens with one attached hydrogen (secondary N) is 1. The van der Waals surface area contributed by atoms with E-state index in [1.165, 1.54) is 24.2 Å². The molecule has 5 heteroatoms. The first-order valence-electron chi connectivity index (χ1n) is 6.54. The summed E-state index contributed by atoms with van der Waals surface area (Å²) in [7, 11) is 0. The van der Waals surface area contributed by atoms with Gasteiger partial charge in [0.05, 0.1) is 10.4 Å². The van der Waals surface area contributed by atoms with Gasteiger partial charge in [0, 0.05) is 23.3 Å². The Balaban J connectivity index is 1.91. The van der Waals surface area contributed by atoms with Gasteiger partial charge in [-0.3, -0.25) is 9.78 Å². The van der Waals surface area contributed by atoms with Gasteiger partial charge in [0.2, 0.25) is 0 Å². The molecule has 1 amide bonds. The van der Waals surface area contributed by atoms with Crippen LogP contribution in [0.3, 0.4) is 0 Å². The number of nitrogens with two attached hydrogens (primary N) is 1. The molecule has 3 N–H and O–H groups in total. The van der Waals surface area contributed by atoms with Gasteiger partial charge in [0.1, 0.15) is 4.88 Å². The maximum atomic E-state index is 12.4. The third-order valence-corrected chi connectivity index (χ3v) is 5.01. The lowest BCUT2D eigenvalue weighted by molar-refractivity contribution is 0.0913. The number of nitrogen functional groups attached to an aromatic ring is 1. The van der Waals surface area contributed by atoms with Crippen molar-refractivity contribution in [1.82, 2.24) is 10.3 Å². The summed E-state index contributed by atoms with van der Waals surface area (Å²) in [5.41, 5.74) is 6.58. The van der Waals surface area contributed by atoms with Gasteiger partial charge in [0.25, 0.3) is 5.91 Å². The van der Waals surface area contributed by atoms with Crippen LogP contribution in [-0.2, 0) is 0 Å². The van der Waals surface area contributed by atoms with Crippen molar-refractivity contribution in [3.05, 3.63) is 23.3 Å². The largest absolute Gasteiger partial charge is 0.397 e. The molecule has 2 heterocycles. The first-order valence-corrected chi connectivity index (χ1v) is 7.35. The van der Waals surface area contributed by atoms with E-state index in [0.717, 1.165) is 22.9 Å². The first-order chi connectivity index (χ1) is 9.09. The second-order valence-electron chi connectivity index (χ2n) is 5.44. The van der Waals surface area contributed by atoms with Gasteiger partial charge in [0.15, 0.2) is 0 Å². The minimum absolute atomic E-state index is 0.0527. The van der Waals surface area contributed by atoms with Crippen LogP contribution < -0.4 is 11.1 Å². The highest BCUT2D eigenvalue weighted by Crippen LogP contribution is 2.34. The smallest absolute Gasteiger partial charge is 0.263 e. The lowest BCUT2D eigenvalue weighted by atomic mass is 10.0. The lowest BCUT2D eigenvalue weighted by Gasteiger charge is -2.24. The Morgan fingerprint density at radius 3 is 2.89 bits per heavy atom. The minimum Gasteiger partial charge on any atom is -0.397 e. The number of carbonyl (C=O) groups is 1. The predicted octanol–water partition coefficient (Wildman–Crippen LogP) is 2.94. The number of fused-ring (bicyclic) bond motifs is 1. The van der Waals surface area contributed by atoms with E-state index in [-0.39, 0.29) is 11.4 Å². The van der Waals surface area contributed by atoms with Crippen LogP contribution in [-0.4, -0.2) is 16.4 Å². The summed E-state index contributed by atoms with van der Waals surface area (Å²) >= 11 is 1.41. The molecule has 0 bridgehead atoms. The molecule has 1 saturated carbocycles. The summed E-state index contributed by atoms with van der Waals surface area (Å²) in [5.74, 6) is -0.0527. The van der Waals surface area contributed by atoms with Crippen molar-refractivity contribution in [2.75, 3.05) is 5.73 Å². The third kappa shape index (κ3) is 2.18. The molecule has 0 radical (unpaired) electrons. The van der Waals surface area contributed by atoms with Crippen molar-refractivity contribution in [1.29, 1.82) is 0 Å². The molecule has 0 aliphatic heterocycles. The zero-order chi connectivity index (χ0) is 13.5. The normalized spacial score (nSPS) is 17.7. The van der Waals surface area contributed by atoms with Crippen LogP contribution in [0.25, 0.3) is 10.1 Å². The van der Waals surface area contributed by atoms with E-state index >= 15 is 0 Å². The number of aromatic nitrogens is 1. The van der Waals surface area contributed by atoms with Crippen molar-refractivity contribution < 1.29 is 4.79 Å². The highest BCUT2D eigenvalue weighted by Gasteiger charge is 2.31. The van der Waals surface area contributed by atoms with E-state index in [1.807, 2.05) is 6.07 Å². The van der Waals surface area contributed by atoms with E-state index in [0.29, 0.717) is 10.6 Å². The summed E-state index contributed by atoms with van der Waals surface area (Å²) in [6.07, 6.45) is 7.91. The monoisotopic (exact) mass is 275 g/mol. The summed E-state index contributed by atoms with van der Waals surface area (Å²) < 4.78 is 0.960. The first kappa shape index (κ1) is 12.4. The molecule has 1 fully saturated rings. The number of anilines is 1. The standard InChI is InChI=1S/C14H17N3OS/c1-14(5-2-3-6-14)17-13(18)12-11(15)9-4-7-16-8-10(9)19-12/h4,7-8H,2-3,5-6,15H2,1H3,(H,17,18). The highest BCUT2D eigenvalue weighted by molar-refractivity contribution is 7.21. The Bertz CT molecular complexity index is 629. The van der Waals surface area contributed by atoms with Gasteiger partial charge in [-0.2, -0.15) is 0 Å². The Labute approximate surface area is 116 Å². The molecule has 4 nitrogen and oxygen atoms in total. The molecule has 2 aromatic heterocycles. The van der Waals surface area contributed by atoms with Gasteiger partial charge in [-0.05, 0) is 25.8 Å². The maximum Gasteiger partial charge on any atom is 0.263 e. The van der Waals surface area contributed by atoms with Gasteiger partial charge in [-0.1, -0.05) is 12.8 Å². The molecule has 1 aliphatic carbocycles. The molecule has 0 aromatic carbocycles. The highest BCUT2D eigenvalue weighted by atomic mass is 32.1. The fourth-order valence-electron chi connectivity index (χ4n) is 2.75. The summed E-state index contributed by atoms with van der Waals surface area (Å²) in [6, 6.07) is 1.86. The molecule has 0 spiro atoms. The Hall–Kier alpha value is -1.62. The summed E-state index contributed by atoms with van der Waals surface area (Å²) in [6.45, 7) is 2.11. The average Bonchev–Trinajstić information content (AvgIpc) is 2.95. The molecular weight excluding hydrogens is 258 g/mol. The van der Waals surface area contributed by atoms with E-state index in [4.69, 9.17) is 5.73 Å². The van der Waals surface area contributed by atoms with Crippen LogP contribution >= 0.6 is 11.3 Å². The second kappa shape index (κ2) is 4.49. The molecule has 0 unspecified atom stereocenters. The van der Waals surface area contributed by atoms with E-state index in [2.05, 4.69) is 17.2 Å². The van der Waals surface area contributed by atoms with Crippen LogP contribution in [0.2, 0.25) is 0 Å². The van der Waals surface area contributed by atoms with Crippen LogP contribution in [0.1, 0.15) is 42.3 Å².